The highest BCUT2D eigenvalue weighted by Gasteiger charge is 2.14. The Morgan fingerprint density at radius 2 is 2.21 bits per heavy atom. The number of hydrogen-bond acceptors (Lipinski definition) is 3. The van der Waals surface area contributed by atoms with E-state index in [2.05, 4.69) is 11.3 Å². The third-order valence-corrected chi connectivity index (χ3v) is 1.99. The second-order valence-electron chi connectivity index (χ2n) is 2.99. The maximum Gasteiger partial charge on any atom is 0.310 e. The number of carbonyl (C=O) groups excluding carboxylic acids is 1. The Balaban J connectivity index is 3.66. The van der Waals surface area contributed by atoms with Gasteiger partial charge >= 0.3 is 11.9 Å². The van der Waals surface area contributed by atoms with Crippen LogP contribution in [0.15, 0.2) is 12.8 Å². The molecule has 0 heterocycles. The van der Waals surface area contributed by atoms with Crippen LogP contribution in [-0.2, 0) is 14.3 Å². The Morgan fingerprint density at radius 1 is 1.57 bits per heavy atom. The van der Waals surface area contributed by atoms with Crippen LogP contribution in [-0.4, -0.2) is 17.0 Å². The minimum absolute atomic E-state index is 0.246. The molecule has 1 atom stereocenters. The molecule has 4 heteroatoms. The molecular weight excluding hydrogens is 184 g/mol. The van der Waals surface area contributed by atoms with Gasteiger partial charge in [0, 0.05) is 6.42 Å². The zero-order valence-corrected chi connectivity index (χ0v) is 8.36. The van der Waals surface area contributed by atoms with Gasteiger partial charge in [-0.15, -0.1) is 0 Å². The molecule has 0 aromatic carbocycles. The van der Waals surface area contributed by atoms with Gasteiger partial charge in [-0.2, -0.15) is 0 Å². The monoisotopic (exact) mass is 200 g/mol. The van der Waals surface area contributed by atoms with Gasteiger partial charge in [-0.05, 0) is 19.3 Å². The molecular formula is C10H16O4. The first-order chi connectivity index (χ1) is 6.61. The molecule has 0 aliphatic heterocycles. The van der Waals surface area contributed by atoms with E-state index >= 15 is 0 Å². The van der Waals surface area contributed by atoms with Crippen molar-refractivity contribution in [1.82, 2.24) is 0 Å². The van der Waals surface area contributed by atoms with Crippen molar-refractivity contribution in [3.8, 4) is 0 Å². The second kappa shape index (κ2) is 7.12. The molecule has 0 spiro atoms. The molecule has 4 nitrogen and oxygen atoms in total. The number of aliphatic carboxylic acids is 1. The molecule has 0 aromatic rings. The predicted molar refractivity (Wildman–Crippen MR) is 51.6 cm³/mol. The van der Waals surface area contributed by atoms with Crippen molar-refractivity contribution in [2.75, 3.05) is 0 Å². The van der Waals surface area contributed by atoms with Gasteiger partial charge in [0.05, 0.1) is 12.2 Å². The first-order valence-electron chi connectivity index (χ1n) is 4.65. The topological polar surface area (TPSA) is 63.6 Å². The van der Waals surface area contributed by atoms with E-state index in [0.29, 0.717) is 19.3 Å². The largest absolute Gasteiger partial charge is 0.481 e. The summed E-state index contributed by atoms with van der Waals surface area (Å²) in [6.07, 6.45) is 2.97. The van der Waals surface area contributed by atoms with E-state index in [0.717, 1.165) is 6.26 Å². The molecule has 0 saturated heterocycles. The van der Waals surface area contributed by atoms with E-state index in [4.69, 9.17) is 5.11 Å². The average Bonchev–Trinajstić information content (AvgIpc) is 2.12. The van der Waals surface area contributed by atoms with E-state index in [-0.39, 0.29) is 18.3 Å². The van der Waals surface area contributed by atoms with Gasteiger partial charge in [0.25, 0.3) is 0 Å². The van der Waals surface area contributed by atoms with Crippen molar-refractivity contribution in [1.29, 1.82) is 0 Å². The second-order valence-corrected chi connectivity index (χ2v) is 2.99. The highest BCUT2D eigenvalue weighted by Crippen LogP contribution is 2.12. The summed E-state index contributed by atoms with van der Waals surface area (Å²) in [7, 11) is 0. The number of carbonyl (C=O) groups is 2. The van der Waals surface area contributed by atoms with Gasteiger partial charge < -0.3 is 9.84 Å². The Morgan fingerprint density at radius 3 is 2.64 bits per heavy atom. The summed E-state index contributed by atoms with van der Waals surface area (Å²) in [6, 6.07) is 0. The molecule has 0 aromatic heterocycles. The highest BCUT2D eigenvalue weighted by molar-refractivity contribution is 5.71. The van der Waals surface area contributed by atoms with Crippen LogP contribution in [0.25, 0.3) is 0 Å². The summed E-state index contributed by atoms with van der Waals surface area (Å²) in [4.78, 5) is 21.4. The smallest absolute Gasteiger partial charge is 0.310 e. The molecule has 0 bridgehead atoms. The summed E-state index contributed by atoms with van der Waals surface area (Å²) in [5.41, 5.74) is 0. The zero-order valence-electron chi connectivity index (χ0n) is 8.36. The lowest BCUT2D eigenvalue weighted by molar-refractivity contribution is -0.143. The Kier molecular flexibility index (Phi) is 6.45. The van der Waals surface area contributed by atoms with Gasteiger partial charge in [0.1, 0.15) is 0 Å². The van der Waals surface area contributed by atoms with Crippen LogP contribution in [0.3, 0.4) is 0 Å². The number of carboxylic acid groups (broad SMARTS) is 1. The van der Waals surface area contributed by atoms with E-state index in [9.17, 15) is 9.59 Å². The summed E-state index contributed by atoms with van der Waals surface area (Å²) in [5.74, 6) is -1.52. The fourth-order valence-electron chi connectivity index (χ4n) is 1.15. The third kappa shape index (κ3) is 5.35. The van der Waals surface area contributed by atoms with Gasteiger partial charge in [-0.25, -0.2) is 0 Å². The van der Waals surface area contributed by atoms with Crippen LogP contribution in [0.4, 0.5) is 0 Å². The molecule has 0 radical (unpaired) electrons. The Labute approximate surface area is 83.6 Å². The minimum atomic E-state index is -0.801. The molecule has 14 heavy (non-hydrogen) atoms. The molecule has 0 aliphatic carbocycles. The first kappa shape index (κ1) is 12.7. The van der Waals surface area contributed by atoms with E-state index < -0.39 is 5.97 Å². The molecule has 1 N–H and O–H groups in total. The van der Waals surface area contributed by atoms with Crippen molar-refractivity contribution < 1.29 is 19.4 Å². The predicted octanol–water partition coefficient (Wildman–Crippen LogP) is 1.95. The van der Waals surface area contributed by atoms with Crippen molar-refractivity contribution in [2.45, 2.75) is 32.6 Å². The van der Waals surface area contributed by atoms with Gasteiger partial charge in [0.2, 0.25) is 0 Å². The van der Waals surface area contributed by atoms with Crippen LogP contribution < -0.4 is 0 Å². The lowest BCUT2D eigenvalue weighted by Crippen LogP contribution is -2.13. The fourth-order valence-corrected chi connectivity index (χ4v) is 1.15. The van der Waals surface area contributed by atoms with Crippen LogP contribution >= 0.6 is 0 Å². The van der Waals surface area contributed by atoms with Crippen molar-refractivity contribution in [3.05, 3.63) is 12.8 Å². The maximum atomic E-state index is 10.8. The number of esters is 1. The Hall–Kier alpha value is -1.32. The van der Waals surface area contributed by atoms with Crippen molar-refractivity contribution in [3.63, 3.8) is 0 Å². The summed E-state index contributed by atoms with van der Waals surface area (Å²) < 4.78 is 4.50. The average molecular weight is 200 g/mol. The highest BCUT2D eigenvalue weighted by atomic mass is 16.5. The molecule has 0 aliphatic rings. The number of carboxylic acids is 1. The lowest BCUT2D eigenvalue weighted by Gasteiger charge is -2.07. The SMILES string of the molecule is C=COC(=O)CCCC(CC)C(=O)O. The van der Waals surface area contributed by atoms with Gasteiger partial charge in [-0.1, -0.05) is 13.5 Å². The Bertz CT molecular complexity index is 210. The third-order valence-electron chi connectivity index (χ3n) is 1.99. The molecule has 0 saturated carbocycles. The molecule has 0 rings (SSSR count). The molecule has 0 amide bonds. The zero-order chi connectivity index (χ0) is 11.0. The van der Waals surface area contributed by atoms with E-state index in [1.807, 2.05) is 6.92 Å². The van der Waals surface area contributed by atoms with Crippen LogP contribution in [0.2, 0.25) is 0 Å². The minimum Gasteiger partial charge on any atom is -0.481 e. The summed E-state index contributed by atoms with van der Waals surface area (Å²) in [5, 5.41) is 8.71. The number of rotatable bonds is 7. The lowest BCUT2D eigenvalue weighted by atomic mass is 10.00. The fraction of sp³-hybridized carbons (Fsp3) is 0.600. The van der Waals surface area contributed by atoms with Crippen molar-refractivity contribution >= 4 is 11.9 Å². The maximum absolute atomic E-state index is 10.8. The molecule has 80 valence electrons. The quantitative estimate of drug-likeness (QED) is 0.504. The van der Waals surface area contributed by atoms with E-state index in [1.165, 1.54) is 0 Å². The normalized spacial score (nSPS) is 11.8. The number of ether oxygens (including phenoxy) is 1. The van der Waals surface area contributed by atoms with E-state index in [1.54, 1.807) is 0 Å². The van der Waals surface area contributed by atoms with Crippen molar-refractivity contribution in [2.24, 2.45) is 5.92 Å². The van der Waals surface area contributed by atoms with Gasteiger partial charge in [0.15, 0.2) is 0 Å². The summed E-state index contributed by atoms with van der Waals surface area (Å²) >= 11 is 0. The first-order valence-corrected chi connectivity index (χ1v) is 4.65. The van der Waals surface area contributed by atoms with Crippen LogP contribution in [0.5, 0.6) is 0 Å². The molecule has 1 unspecified atom stereocenters. The van der Waals surface area contributed by atoms with Crippen LogP contribution in [0.1, 0.15) is 32.6 Å². The van der Waals surface area contributed by atoms with Gasteiger partial charge in [-0.3, -0.25) is 9.59 Å². The molecule has 0 fully saturated rings. The number of hydrogen-bond donors (Lipinski definition) is 1. The van der Waals surface area contributed by atoms with Crippen LogP contribution in [0, 0.1) is 5.92 Å². The standard InChI is InChI=1S/C10H16O4/c1-3-8(10(12)13)6-5-7-9(11)14-4-2/h4,8H,2-3,5-7H2,1H3,(H,12,13). The summed E-state index contributed by atoms with van der Waals surface area (Å²) in [6.45, 7) is 5.07.